The van der Waals surface area contributed by atoms with E-state index in [0.717, 1.165) is 25.1 Å². The summed E-state index contributed by atoms with van der Waals surface area (Å²) < 4.78 is 0. The number of carbonyl (C=O) groups is 1. The van der Waals surface area contributed by atoms with Crippen LogP contribution in [0.1, 0.15) is 29.7 Å². The number of rotatable bonds is 5. The van der Waals surface area contributed by atoms with Crippen molar-refractivity contribution in [1.82, 2.24) is 14.9 Å². The summed E-state index contributed by atoms with van der Waals surface area (Å²) in [5.41, 5.74) is 9.45. The lowest BCUT2D eigenvalue weighted by Gasteiger charge is -2.44. The van der Waals surface area contributed by atoms with Gasteiger partial charge in [-0.3, -0.25) is 4.79 Å². The molecule has 1 saturated heterocycles. The third-order valence-electron chi connectivity index (χ3n) is 5.77. The molecule has 0 saturated carbocycles. The van der Waals surface area contributed by atoms with Gasteiger partial charge in [-0.2, -0.15) is 0 Å². The predicted octanol–water partition coefficient (Wildman–Crippen LogP) is 2.89. The first-order valence-corrected chi connectivity index (χ1v) is 9.82. The van der Waals surface area contributed by atoms with Crippen LogP contribution in [0, 0.1) is 0 Å². The predicted molar refractivity (Wildman–Crippen MR) is 110 cm³/mol. The van der Waals surface area contributed by atoms with Crippen LogP contribution in [0.4, 0.5) is 0 Å². The smallest absolute Gasteiger partial charge is 0.239 e. The van der Waals surface area contributed by atoms with E-state index in [4.69, 9.17) is 5.73 Å². The molecule has 3 N–H and O–H groups in total. The van der Waals surface area contributed by atoms with Crippen molar-refractivity contribution in [3.05, 3.63) is 90.0 Å². The topological polar surface area (TPSA) is 75.0 Å². The van der Waals surface area contributed by atoms with E-state index in [-0.39, 0.29) is 11.3 Å². The Bertz CT molecular complexity index is 853. The van der Waals surface area contributed by atoms with Crippen molar-refractivity contribution in [3.63, 3.8) is 0 Å². The van der Waals surface area contributed by atoms with Gasteiger partial charge in [0.15, 0.2) is 0 Å². The van der Waals surface area contributed by atoms with Gasteiger partial charge in [0.25, 0.3) is 0 Å². The number of benzene rings is 2. The Morgan fingerprint density at radius 2 is 1.75 bits per heavy atom. The highest BCUT2D eigenvalue weighted by molar-refractivity contribution is 5.82. The summed E-state index contributed by atoms with van der Waals surface area (Å²) in [7, 11) is 0. The van der Waals surface area contributed by atoms with Gasteiger partial charge >= 0.3 is 0 Å². The molecule has 144 valence electrons. The van der Waals surface area contributed by atoms with Crippen LogP contribution in [0.25, 0.3) is 0 Å². The first-order valence-electron chi connectivity index (χ1n) is 9.82. The molecule has 1 aliphatic rings. The van der Waals surface area contributed by atoms with Gasteiger partial charge in [-0.1, -0.05) is 60.7 Å². The maximum absolute atomic E-state index is 13.1. The minimum absolute atomic E-state index is 0.00513. The first-order chi connectivity index (χ1) is 13.7. The zero-order valence-corrected chi connectivity index (χ0v) is 15.9. The van der Waals surface area contributed by atoms with E-state index in [9.17, 15) is 4.79 Å². The molecule has 1 unspecified atom stereocenters. The van der Waals surface area contributed by atoms with Crippen LogP contribution in [0.5, 0.6) is 0 Å². The number of amides is 1. The van der Waals surface area contributed by atoms with Crippen molar-refractivity contribution in [2.45, 2.75) is 30.7 Å². The molecule has 0 radical (unpaired) electrons. The molecule has 0 bridgehead atoms. The number of piperidine rings is 1. The molecule has 1 aromatic heterocycles. The van der Waals surface area contributed by atoms with E-state index < -0.39 is 6.04 Å². The number of imidazole rings is 1. The Labute approximate surface area is 165 Å². The Morgan fingerprint density at radius 3 is 2.32 bits per heavy atom. The zero-order chi connectivity index (χ0) is 19.4. The second-order valence-corrected chi connectivity index (χ2v) is 7.56. The second kappa shape index (κ2) is 7.98. The summed E-state index contributed by atoms with van der Waals surface area (Å²) in [6, 6.07) is 20.5. The normalized spacial score (nSPS) is 17.2. The standard InChI is InChI=1S/C23H26N4O/c24-21(14-20-15-25-17-26-20)22(28)27-13-7-12-23(16-27,18-8-3-1-4-9-18)19-10-5-2-6-11-19/h1-6,8-11,15,17,21H,7,12-14,16,24H2,(H,25,26). The van der Waals surface area contributed by atoms with E-state index in [2.05, 4.69) is 58.5 Å². The molecule has 4 rings (SSSR count). The number of hydrogen-bond acceptors (Lipinski definition) is 3. The van der Waals surface area contributed by atoms with E-state index in [1.54, 1.807) is 12.5 Å². The summed E-state index contributed by atoms with van der Waals surface area (Å²) >= 11 is 0. The van der Waals surface area contributed by atoms with Crippen LogP contribution in [0.2, 0.25) is 0 Å². The SMILES string of the molecule is NC(Cc1cnc[nH]1)C(=O)N1CCCC(c2ccccc2)(c2ccccc2)C1. The highest BCUT2D eigenvalue weighted by Crippen LogP contribution is 2.40. The van der Waals surface area contributed by atoms with Gasteiger partial charge in [0.2, 0.25) is 5.91 Å². The van der Waals surface area contributed by atoms with Gasteiger partial charge < -0.3 is 15.6 Å². The van der Waals surface area contributed by atoms with Crippen molar-refractivity contribution in [1.29, 1.82) is 0 Å². The van der Waals surface area contributed by atoms with Gasteiger partial charge in [0.1, 0.15) is 0 Å². The number of nitrogens with one attached hydrogen (secondary N) is 1. The summed E-state index contributed by atoms with van der Waals surface area (Å²) in [4.78, 5) is 22.1. The fraction of sp³-hybridized carbons (Fsp3) is 0.304. The third kappa shape index (κ3) is 3.58. The largest absolute Gasteiger partial charge is 0.348 e. The number of nitrogens with two attached hydrogens (primary N) is 1. The number of aromatic amines is 1. The number of likely N-dealkylation sites (tertiary alicyclic amines) is 1. The molecule has 1 amide bonds. The molecule has 2 aromatic carbocycles. The Hall–Kier alpha value is -2.92. The Morgan fingerprint density at radius 1 is 1.11 bits per heavy atom. The molecule has 5 heteroatoms. The first kappa shape index (κ1) is 18.4. The van der Waals surface area contributed by atoms with Crippen LogP contribution in [0.15, 0.2) is 73.2 Å². The summed E-state index contributed by atoms with van der Waals surface area (Å²) in [5.74, 6) is 0.00513. The van der Waals surface area contributed by atoms with E-state index in [1.807, 2.05) is 17.0 Å². The van der Waals surface area contributed by atoms with Crippen LogP contribution in [-0.4, -0.2) is 39.9 Å². The number of carbonyl (C=O) groups excluding carboxylic acids is 1. The average Bonchev–Trinajstić information content (AvgIpc) is 3.27. The summed E-state index contributed by atoms with van der Waals surface area (Å²) in [6.07, 6.45) is 5.77. The quantitative estimate of drug-likeness (QED) is 0.721. The molecule has 1 aliphatic heterocycles. The van der Waals surface area contributed by atoms with Crippen LogP contribution in [-0.2, 0) is 16.6 Å². The minimum atomic E-state index is -0.567. The van der Waals surface area contributed by atoms with Crippen LogP contribution < -0.4 is 5.73 Å². The molecule has 3 aromatic rings. The van der Waals surface area contributed by atoms with E-state index in [1.165, 1.54) is 11.1 Å². The molecule has 1 fully saturated rings. The van der Waals surface area contributed by atoms with Gasteiger partial charge in [-0.05, 0) is 24.0 Å². The number of aromatic nitrogens is 2. The van der Waals surface area contributed by atoms with Gasteiger partial charge in [-0.25, -0.2) is 4.98 Å². The van der Waals surface area contributed by atoms with Gasteiger partial charge in [-0.15, -0.1) is 0 Å². The lowest BCUT2D eigenvalue weighted by Crippen LogP contribution is -2.54. The Balaban J connectivity index is 1.62. The molecule has 5 nitrogen and oxygen atoms in total. The molecule has 0 aliphatic carbocycles. The second-order valence-electron chi connectivity index (χ2n) is 7.56. The maximum atomic E-state index is 13.1. The van der Waals surface area contributed by atoms with Crippen molar-refractivity contribution in [3.8, 4) is 0 Å². The lowest BCUT2D eigenvalue weighted by atomic mass is 9.69. The van der Waals surface area contributed by atoms with Crippen molar-refractivity contribution in [2.24, 2.45) is 5.73 Å². The van der Waals surface area contributed by atoms with Crippen molar-refractivity contribution < 1.29 is 4.79 Å². The number of nitrogens with zero attached hydrogens (tertiary/aromatic N) is 2. The van der Waals surface area contributed by atoms with Gasteiger partial charge in [0.05, 0.1) is 12.4 Å². The average molecular weight is 374 g/mol. The highest BCUT2D eigenvalue weighted by atomic mass is 16.2. The van der Waals surface area contributed by atoms with Crippen molar-refractivity contribution >= 4 is 5.91 Å². The van der Waals surface area contributed by atoms with Crippen LogP contribution in [0.3, 0.4) is 0 Å². The third-order valence-corrected chi connectivity index (χ3v) is 5.77. The van der Waals surface area contributed by atoms with Crippen molar-refractivity contribution in [2.75, 3.05) is 13.1 Å². The summed E-state index contributed by atoms with van der Waals surface area (Å²) in [6.45, 7) is 1.40. The molecule has 0 spiro atoms. The lowest BCUT2D eigenvalue weighted by molar-refractivity contribution is -0.134. The maximum Gasteiger partial charge on any atom is 0.239 e. The van der Waals surface area contributed by atoms with E-state index >= 15 is 0 Å². The Kier molecular flexibility index (Phi) is 5.26. The molecule has 28 heavy (non-hydrogen) atoms. The van der Waals surface area contributed by atoms with Gasteiger partial charge in [0, 0.05) is 36.8 Å². The monoisotopic (exact) mass is 374 g/mol. The molecular formula is C23H26N4O. The zero-order valence-electron chi connectivity index (χ0n) is 15.9. The number of hydrogen-bond donors (Lipinski definition) is 2. The summed E-state index contributed by atoms with van der Waals surface area (Å²) in [5, 5.41) is 0. The fourth-order valence-electron chi connectivity index (χ4n) is 4.35. The van der Waals surface area contributed by atoms with E-state index in [0.29, 0.717) is 13.0 Å². The highest BCUT2D eigenvalue weighted by Gasteiger charge is 2.40. The minimum Gasteiger partial charge on any atom is -0.348 e. The van der Waals surface area contributed by atoms with Crippen LogP contribution >= 0.6 is 0 Å². The molecule has 1 atom stereocenters. The number of H-pyrrole nitrogens is 1. The fourth-order valence-corrected chi connectivity index (χ4v) is 4.35. The molecular weight excluding hydrogens is 348 g/mol. The molecule has 2 heterocycles.